The molecule has 28 heavy (non-hydrogen) atoms. The molecule has 2 aromatic carbocycles. The number of ether oxygens (including phenoxy) is 2. The van der Waals surface area contributed by atoms with Crippen LogP contribution in [0.3, 0.4) is 0 Å². The predicted molar refractivity (Wildman–Crippen MR) is 116 cm³/mol. The van der Waals surface area contributed by atoms with E-state index in [2.05, 4.69) is 21.4 Å². The normalized spacial score (nSPS) is 15.1. The van der Waals surface area contributed by atoms with Gasteiger partial charge in [-0.25, -0.2) is 0 Å². The number of carbonyl (C=O) groups excluding carboxylic acids is 2. The standard InChI is InChI=1S/C19H15BrN2O4S2/c1-25-14-8-3-11(9-15(14)26-2)10-16-18(24)22(19(27)28-16)21-17(23)12-4-6-13(20)7-5-12/h3-10H,1-2H3,(H,21,23)/b16-10-. The fourth-order valence-corrected chi connectivity index (χ4v) is 3.87. The summed E-state index contributed by atoms with van der Waals surface area (Å²) in [6, 6.07) is 12.1. The van der Waals surface area contributed by atoms with Gasteiger partial charge in [-0.15, -0.1) is 0 Å². The zero-order valence-corrected chi connectivity index (χ0v) is 18.1. The van der Waals surface area contributed by atoms with E-state index in [9.17, 15) is 9.59 Å². The third-order valence-corrected chi connectivity index (χ3v) is 5.65. The Bertz CT molecular complexity index is 976. The van der Waals surface area contributed by atoms with E-state index in [1.54, 1.807) is 62.8 Å². The largest absolute Gasteiger partial charge is 0.493 e. The number of methoxy groups -OCH3 is 2. The molecule has 2 amide bonds. The maximum absolute atomic E-state index is 12.7. The van der Waals surface area contributed by atoms with Gasteiger partial charge in [0.05, 0.1) is 19.1 Å². The van der Waals surface area contributed by atoms with Gasteiger partial charge in [-0.2, -0.15) is 5.01 Å². The Balaban J connectivity index is 1.78. The third-order valence-electron chi connectivity index (χ3n) is 3.82. The number of thioether (sulfide) groups is 1. The van der Waals surface area contributed by atoms with E-state index in [0.29, 0.717) is 22.0 Å². The summed E-state index contributed by atoms with van der Waals surface area (Å²) < 4.78 is 11.6. The molecule has 1 saturated heterocycles. The number of rotatable bonds is 5. The number of nitrogens with one attached hydrogen (secondary N) is 1. The van der Waals surface area contributed by atoms with Gasteiger partial charge >= 0.3 is 0 Å². The van der Waals surface area contributed by atoms with E-state index in [-0.39, 0.29) is 4.32 Å². The average molecular weight is 479 g/mol. The van der Waals surface area contributed by atoms with Crippen LogP contribution in [0.25, 0.3) is 6.08 Å². The number of hydrogen-bond donors (Lipinski definition) is 1. The number of carbonyl (C=O) groups is 2. The van der Waals surface area contributed by atoms with Crippen molar-refractivity contribution in [1.29, 1.82) is 0 Å². The molecule has 1 N–H and O–H groups in total. The molecule has 0 saturated carbocycles. The number of hydrogen-bond acceptors (Lipinski definition) is 6. The highest BCUT2D eigenvalue weighted by atomic mass is 79.9. The second-order valence-electron chi connectivity index (χ2n) is 5.58. The van der Waals surface area contributed by atoms with E-state index in [4.69, 9.17) is 21.7 Å². The lowest BCUT2D eigenvalue weighted by molar-refractivity contribution is -0.123. The Morgan fingerprint density at radius 2 is 1.82 bits per heavy atom. The first-order chi connectivity index (χ1) is 13.4. The summed E-state index contributed by atoms with van der Waals surface area (Å²) in [5, 5.41) is 1.08. The molecular formula is C19H15BrN2O4S2. The number of benzene rings is 2. The molecule has 144 valence electrons. The molecule has 0 atom stereocenters. The zero-order chi connectivity index (χ0) is 20.3. The smallest absolute Gasteiger partial charge is 0.285 e. The van der Waals surface area contributed by atoms with E-state index in [0.717, 1.165) is 26.8 Å². The van der Waals surface area contributed by atoms with Crippen molar-refractivity contribution >= 4 is 62.1 Å². The minimum absolute atomic E-state index is 0.252. The monoisotopic (exact) mass is 478 g/mol. The van der Waals surface area contributed by atoms with Crippen LogP contribution in [0.5, 0.6) is 11.5 Å². The van der Waals surface area contributed by atoms with Gasteiger partial charge in [0.15, 0.2) is 15.8 Å². The van der Waals surface area contributed by atoms with Crippen LogP contribution in [-0.2, 0) is 4.79 Å². The minimum Gasteiger partial charge on any atom is -0.493 e. The minimum atomic E-state index is -0.420. The predicted octanol–water partition coefficient (Wildman–Crippen LogP) is 4.01. The van der Waals surface area contributed by atoms with Crippen molar-refractivity contribution in [2.24, 2.45) is 0 Å². The molecule has 3 rings (SSSR count). The van der Waals surface area contributed by atoms with Crippen LogP contribution in [-0.4, -0.2) is 35.4 Å². The summed E-state index contributed by atoms with van der Waals surface area (Å²) in [5.41, 5.74) is 3.72. The van der Waals surface area contributed by atoms with Gasteiger partial charge in [0.1, 0.15) is 0 Å². The van der Waals surface area contributed by atoms with Crippen molar-refractivity contribution in [1.82, 2.24) is 10.4 Å². The summed E-state index contributed by atoms with van der Waals surface area (Å²) in [5.74, 6) is 0.329. The molecule has 0 radical (unpaired) electrons. The van der Waals surface area contributed by atoms with Gasteiger partial charge in [0, 0.05) is 10.0 Å². The molecule has 1 fully saturated rings. The Kier molecular flexibility index (Phi) is 6.38. The summed E-state index contributed by atoms with van der Waals surface area (Å²) in [6.45, 7) is 0. The van der Waals surface area contributed by atoms with Gasteiger partial charge in [-0.3, -0.25) is 15.0 Å². The average Bonchev–Trinajstić information content (AvgIpc) is 2.95. The Morgan fingerprint density at radius 1 is 1.14 bits per heavy atom. The van der Waals surface area contributed by atoms with Crippen LogP contribution >= 0.6 is 39.9 Å². The van der Waals surface area contributed by atoms with Gasteiger partial charge in [0.2, 0.25) is 0 Å². The molecule has 0 aromatic heterocycles. The first-order valence-corrected chi connectivity index (χ1v) is 10.0. The summed E-state index contributed by atoms with van der Waals surface area (Å²) in [7, 11) is 3.09. The lowest BCUT2D eigenvalue weighted by atomic mass is 10.2. The van der Waals surface area contributed by atoms with Crippen LogP contribution in [0.15, 0.2) is 51.8 Å². The molecule has 0 unspecified atom stereocenters. The fraction of sp³-hybridized carbons (Fsp3) is 0.105. The van der Waals surface area contributed by atoms with Crippen molar-refractivity contribution < 1.29 is 19.1 Å². The molecule has 0 bridgehead atoms. The van der Waals surface area contributed by atoms with E-state index in [1.165, 1.54) is 0 Å². The second kappa shape index (κ2) is 8.76. The van der Waals surface area contributed by atoms with E-state index >= 15 is 0 Å². The molecule has 1 aliphatic heterocycles. The lowest BCUT2D eigenvalue weighted by Crippen LogP contribution is -2.44. The first-order valence-electron chi connectivity index (χ1n) is 7.99. The fourth-order valence-electron chi connectivity index (χ4n) is 2.43. The third kappa shape index (κ3) is 4.37. The van der Waals surface area contributed by atoms with E-state index < -0.39 is 11.8 Å². The summed E-state index contributed by atoms with van der Waals surface area (Å²) >= 11 is 9.68. The first kappa shape index (κ1) is 20.4. The molecule has 9 heteroatoms. The molecule has 2 aromatic rings. The number of thiocarbonyl (C=S) groups is 1. The SMILES string of the molecule is COc1ccc(/C=C2\SC(=S)N(NC(=O)c3ccc(Br)cc3)C2=O)cc1OC. The molecule has 6 nitrogen and oxygen atoms in total. The van der Waals surface area contributed by atoms with Gasteiger partial charge < -0.3 is 9.47 Å². The topological polar surface area (TPSA) is 67.9 Å². The lowest BCUT2D eigenvalue weighted by Gasteiger charge is -2.15. The second-order valence-corrected chi connectivity index (χ2v) is 8.17. The molecule has 1 heterocycles. The highest BCUT2D eigenvalue weighted by Crippen LogP contribution is 2.34. The molecule has 0 aliphatic carbocycles. The maximum atomic E-state index is 12.7. The van der Waals surface area contributed by atoms with Crippen LogP contribution in [0.4, 0.5) is 0 Å². The van der Waals surface area contributed by atoms with Crippen molar-refractivity contribution in [2.75, 3.05) is 14.2 Å². The maximum Gasteiger partial charge on any atom is 0.285 e. The highest BCUT2D eigenvalue weighted by molar-refractivity contribution is 9.10. The van der Waals surface area contributed by atoms with Crippen LogP contribution in [0, 0.1) is 0 Å². The number of amides is 2. The van der Waals surface area contributed by atoms with Crippen molar-refractivity contribution in [3.05, 3.63) is 63.0 Å². The van der Waals surface area contributed by atoms with Crippen LogP contribution < -0.4 is 14.9 Å². The van der Waals surface area contributed by atoms with Crippen molar-refractivity contribution in [3.8, 4) is 11.5 Å². The molecular weight excluding hydrogens is 464 g/mol. The molecule has 1 aliphatic rings. The molecule has 0 spiro atoms. The van der Waals surface area contributed by atoms with Crippen molar-refractivity contribution in [2.45, 2.75) is 0 Å². The highest BCUT2D eigenvalue weighted by Gasteiger charge is 2.33. The number of halogens is 1. The van der Waals surface area contributed by atoms with Gasteiger partial charge in [-0.05, 0) is 60.3 Å². The Labute approximate surface area is 180 Å². The van der Waals surface area contributed by atoms with Crippen LogP contribution in [0.1, 0.15) is 15.9 Å². The van der Waals surface area contributed by atoms with Crippen LogP contribution in [0.2, 0.25) is 0 Å². The van der Waals surface area contributed by atoms with E-state index in [1.807, 2.05) is 0 Å². The Hall–Kier alpha value is -2.36. The van der Waals surface area contributed by atoms with Gasteiger partial charge in [0.25, 0.3) is 11.8 Å². The Morgan fingerprint density at radius 3 is 2.46 bits per heavy atom. The quantitative estimate of drug-likeness (QED) is 0.517. The zero-order valence-electron chi connectivity index (χ0n) is 14.9. The summed E-state index contributed by atoms with van der Waals surface area (Å²) in [4.78, 5) is 25.5. The number of nitrogens with zero attached hydrogens (tertiary/aromatic N) is 1. The summed E-state index contributed by atoms with van der Waals surface area (Å²) in [6.07, 6.45) is 1.69. The number of hydrazine groups is 1. The van der Waals surface area contributed by atoms with Crippen molar-refractivity contribution in [3.63, 3.8) is 0 Å². The van der Waals surface area contributed by atoms with Gasteiger partial charge in [-0.1, -0.05) is 33.8 Å².